The molecule has 0 N–H and O–H groups in total. The smallest absolute Gasteiger partial charge is 0.260 e. The van der Waals surface area contributed by atoms with Crippen molar-refractivity contribution >= 4 is 8.32 Å². The highest BCUT2D eigenvalue weighted by atomic mass is 28.4. The Hall–Kier alpha value is -0.833. The van der Waals surface area contributed by atoms with Crippen LogP contribution in [0.2, 0.25) is 16.6 Å². The fraction of sp³-hybridized carbons (Fsp3) is 0.643. The number of aromatic nitrogens is 1. The lowest BCUT2D eigenvalue weighted by molar-refractivity contribution is 0.464. The van der Waals surface area contributed by atoms with Gasteiger partial charge in [-0.15, -0.1) is 0 Å². The summed E-state index contributed by atoms with van der Waals surface area (Å²) in [6, 6.07) is 5.88. The molecule has 1 aromatic rings. The first-order chi connectivity index (χ1) is 7.91. The standard InChI is InChI=1S/C14H25NOSi/c1-11(2)17(12(3)4,13(5)6)16-14-9-7-8-10-15-14/h7-13H,1-6H3. The fourth-order valence-corrected chi connectivity index (χ4v) is 8.13. The van der Waals surface area contributed by atoms with Crippen molar-refractivity contribution in [3.63, 3.8) is 0 Å². The minimum atomic E-state index is -1.83. The van der Waals surface area contributed by atoms with E-state index in [-0.39, 0.29) is 0 Å². The molecular formula is C14H25NOSi. The Labute approximate surface area is 107 Å². The van der Waals surface area contributed by atoms with Crippen LogP contribution >= 0.6 is 0 Å². The van der Waals surface area contributed by atoms with Crippen LogP contribution in [-0.2, 0) is 0 Å². The van der Waals surface area contributed by atoms with Crippen LogP contribution in [0.25, 0.3) is 0 Å². The summed E-state index contributed by atoms with van der Waals surface area (Å²) in [5.41, 5.74) is 1.76. The molecule has 0 atom stereocenters. The monoisotopic (exact) mass is 251 g/mol. The molecule has 96 valence electrons. The van der Waals surface area contributed by atoms with Gasteiger partial charge in [0.2, 0.25) is 0 Å². The fourth-order valence-electron chi connectivity index (χ4n) is 2.94. The van der Waals surface area contributed by atoms with Crippen molar-refractivity contribution in [1.29, 1.82) is 0 Å². The Kier molecular flexibility index (Phi) is 4.75. The highest BCUT2D eigenvalue weighted by Gasteiger charge is 2.47. The average Bonchev–Trinajstić information content (AvgIpc) is 2.25. The van der Waals surface area contributed by atoms with Crippen molar-refractivity contribution in [2.45, 2.75) is 58.2 Å². The Morgan fingerprint density at radius 1 is 0.941 bits per heavy atom. The van der Waals surface area contributed by atoms with Crippen molar-refractivity contribution in [1.82, 2.24) is 4.98 Å². The van der Waals surface area contributed by atoms with E-state index in [1.807, 2.05) is 18.2 Å². The first-order valence-electron chi connectivity index (χ1n) is 6.51. The molecule has 0 aliphatic carbocycles. The van der Waals surface area contributed by atoms with Gasteiger partial charge in [0.15, 0.2) is 5.88 Å². The third kappa shape index (κ3) is 2.89. The second kappa shape index (κ2) is 5.67. The summed E-state index contributed by atoms with van der Waals surface area (Å²) in [5, 5.41) is 0. The van der Waals surface area contributed by atoms with Gasteiger partial charge in [0, 0.05) is 6.20 Å². The molecule has 2 nitrogen and oxygen atoms in total. The van der Waals surface area contributed by atoms with Crippen LogP contribution in [0.1, 0.15) is 41.5 Å². The van der Waals surface area contributed by atoms with Crippen molar-refractivity contribution < 1.29 is 4.43 Å². The maximum Gasteiger partial charge on any atom is 0.260 e. The van der Waals surface area contributed by atoms with E-state index in [4.69, 9.17) is 4.43 Å². The number of rotatable bonds is 5. The van der Waals surface area contributed by atoms with E-state index >= 15 is 0 Å². The van der Waals surface area contributed by atoms with Crippen LogP contribution in [-0.4, -0.2) is 13.3 Å². The highest BCUT2D eigenvalue weighted by Crippen LogP contribution is 2.42. The van der Waals surface area contributed by atoms with E-state index in [1.165, 1.54) is 0 Å². The molecule has 3 heteroatoms. The minimum Gasteiger partial charge on any atom is -0.530 e. The Bertz CT molecular complexity index is 314. The highest BCUT2D eigenvalue weighted by molar-refractivity contribution is 6.78. The molecule has 0 aliphatic rings. The van der Waals surface area contributed by atoms with Crippen molar-refractivity contribution in [3.8, 4) is 5.88 Å². The molecule has 1 aromatic heterocycles. The largest absolute Gasteiger partial charge is 0.530 e. The van der Waals surface area contributed by atoms with Crippen LogP contribution in [0.3, 0.4) is 0 Å². The molecule has 0 saturated carbocycles. The minimum absolute atomic E-state index is 0.588. The first kappa shape index (κ1) is 14.2. The molecule has 1 heterocycles. The molecule has 0 unspecified atom stereocenters. The summed E-state index contributed by atoms with van der Waals surface area (Å²) in [6.07, 6.45) is 1.80. The maximum atomic E-state index is 6.41. The van der Waals surface area contributed by atoms with Gasteiger partial charge in [-0.1, -0.05) is 47.6 Å². The topological polar surface area (TPSA) is 22.1 Å². The van der Waals surface area contributed by atoms with Crippen molar-refractivity contribution in [3.05, 3.63) is 24.4 Å². The summed E-state index contributed by atoms with van der Waals surface area (Å²) >= 11 is 0. The molecule has 1 rings (SSSR count). The van der Waals surface area contributed by atoms with Gasteiger partial charge in [0.05, 0.1) is 0 Å². The summed E-state index contributed by atoms with van der Waals surface area (Å²) in [7, 11) is -1.83. The third-order valence-corrected chi connectivity index (χ3v) is 9.60. The zero-order chi connectivity index (χ0) is 13.1. The molecule has 0 radical (unpaired) electrons. The number of nitrogens with zero attached hydrogens (tertiary/aromatic N) is 1. The van der Waals surface area contributed by atoms with Crippen molar-refractivity contribution in [2.24, 2.45) is 0 Å². The van der Waals surface area contributed by atoms with Gasteiger partial charge in [-0.3, -0.25) is 0 Å². The summed E-state index contributed by atoms with van der Waals surface area (Å²) in [4.78, 5) is 4.32. The predicted octanol–water partition coefficient (Wildman–Crippen LogP) is 4.64. The van der Waals surface area contributed by atoms with Gasteiger partial charge in [-0.2, -0.15) is 0 Å². The van der Waals surface area contributed by atoms with E-state index in [0.717, 1.165) is 5.88 Å². The molecular weight excluding hydrogens is 226 g/mol. The van der Waals surface area contributed by atoms with Crippen molar-refractivity contribution in [2.75, 3.05) is 0 Å². The van der Waals surface area contributed by atoms with Gasteiger partial charge >= 0.3 is 0 Å². The van der Waals surface area contributed by atoms with E-state index in [0.29, 0.717) is 16.6 Å². The zero-order valence-corrected chi connectivity index (χ0v) is 12.9. The normalized spacial score (nSPS) is 12.5. The van der Waals surface area contributed by atoms with Gasteiger partial charge in [-0.25, -0.2) is 4.98 Å². The first-order valence-corrected chi connectivity index (χ1v) is 8.65. The van der Waals surface area contributed by atoms with E-state index in [9.17, 15) is 0 Å². The Morgan fingerprint density at radius 2 is 1.47 bits per heavy atom. The zero-order valence-electron chi connectivity index (χ0n) is 11.9. The van der Waals surface area contributed by atoms with Crippen LogP contribution < -0.4 is 4.43 Å². The third-order valence-electron chi connectivity index (χ3n) is 3.63. The maximum absolute atomic E-state index is 6.41. The lowest BCUT2D eigenvalue weighted by Gasteiger charge is -2.41. The lowest BCUT2D eigenvalue weighted by Crippen LogP contribution is -2.50. The van der Waals surface area contributed by atoms with Crippen LogP contribution in [0.5, 0.6) is 5.88 Å². The molecule has 17 heavy (non-hydrogen) atoms. The van der Waals surface area contributed by atoms with Crippen LogP contribution in [0, 0.1) is 0 Å². The number of hydrogen-bond acceptors (Lipinski definition) is 2. The predicted molar refractivity (Wildman–Crippen MR) is 75.9 cm³/mol. The summed E-state index contributed by atoms with van der Waals surface area (Å²) in [5.74, 6) is 0.787. The van der Waals surface area contributed by atoms with Gasteiger partial charge < -0.3 is 4.43 Å². The molecule has 0 bridgehead atoms. The number of pyridine rings is 1. The average molecular weight is 251 g/mol. The van der Waals surface area contributed by atoms with Gasteiger partial charge in [0.1, 0.15) is 0 Å². The molecule has 0 saturated heterocycles. The lowest BCUT2D eigenvalue weighted by atomic mass is 10.5. The molecule has 0 fully saturated rings. The summed E-state index contributed by atoms with van der Waals surface area (Å²) < 4.78 is 6.41. The summed E-state index contributed by atoms with van der Waals surface area (Å²) in [6.45, 7) is 13.7. The molecule has 0 aromatic carbocycles. The molecule has 0 amide bonds. The van der Waals surface area contributed by atoms with E-state index in [1.54, 1.807) is 6.20 Å². The van der Waals surface area contributed by atoms with E-state index < -0.39 is 8.32 Å². The van der Waals surface area contributed by atoms with Crippen LogP contribution in [0.4, 0.5) is 0 Å². The van der Waals surface area contributed by atoms with Gasteiger partial charge in [-0.05, 0) is 28.8 Å². The van der Waals surface area contributed by atoms with Gasteiger partial charge in [0.25, 0.3) is 8.32 Å². The van der Waals surface area contributed by atoms with E-state index in [2.05, 4.69) is 46.5 Å². The second-order valence-electron chi connectivity index (χ2n) is 5.59. The van der Waals surface area contributed by atoms with Crippen LogP contribution in [0.15, 0.2) is 24.4 Å². The Balaban J connectivity index is 3.07. The quantitative estimate of drug-likeness (QED) is 0.711. The SMILES string of the molecule is CC(C)[Si](Oc1ccccn1)(C(C)C)C(C)C. The molecule has 0 aliphatic heterocycles. The number of hydrogen-bond donors (Lipinski definition) is 0. The second-order valence-corrected chi connectivity index (χ2v) is 11.0. The molecule has 0 spiro atoms. The Morgan fingerprint density at radius 3 is 1.82 bits per heavy atom.